The molecule has 1 aliphatic carbocycles. The minimum absolute atomic E-state index is 0.0458. The molecule has 0 atom stereocenters. The van der Waals surface area contributed by atoms with Gasteiger partial charge < -0.3 is 5.32 Å². The molecule has 1 saturated carbocycles. The van der Waals surface area contributed by atoms with Crippen LogP contribution in [0, 0.1) is 12.8 Å². The van der Waals surface area contributed by atoms with Gasteiger partial charge in [0.05, 0.1) is 11.4 Å². The molecule has 9 nitrogen and oxygen atoms in total. The Balaban J connectivity index is 1.46. The number of hydrogen-bond acceptors (Lipinski definition) is 5. The van der Waals surface area contributed by atoms with E-state index in [9.17, 15) is 22.8 Å². The summed E-state index contributed by atoms with van der Waals surface area (Å²) >= 11 is 0. The smallest absolute Gasteiger partial charge is 0.269 e. The van der Waals surface area contributed by atoms with Crippen LogP contribution < -0.4 is 16.2 Å². The lowest BCUT2D eigenvalue weighted by atomic mass is 9.89. The Kier molecular flexibility index (Phi) is 9.00. The van der Waals surface area contributed by atoms with Gasteiger partial charge in [-0.3, -0.25) is 25.2 Å². The first kappa shape index (κ1) is 26.4. The van der Waals surface area contributed by atoms with Gasteiger partial charge in [0.1, 0.15) is 0 Å². The molecule has 0 heterocycles. The maximum absolute atomic E-state index is 12.8. The van der Waals surface area contributed by atoms with Gasteiger partial charge in [-0.1, -0.05) is 49.1 Å². The fraction of sp³-hybridized carbons (Fsp3) is 0.400. The molecule has 1 aliphatic rings. The third kappa shape index (κ3) is 7.37. The van der Waals surface area contributed by atoms with Crippen LogP contribution >= 0.6 is 0 Å². The molecule has 35 heavy (non-hydrogen) atoms. The van der Waals surface area contributed by atoms with Crippen molar-refractivity contribution in [2.24, 2.45) is 5.92 Å². The van der Waals surface area contributed by atoms with E-state index in [0.29, 0.717) is 11.1 Å². The Morgan fingerprint density at radius 1 is 0.914 bits per heavy atom. The quantitative estimate of drug-likeness (QED) is 0.480. The number of rotatable bonds is 8. The first-order valence-electron chi connectivity index (χ1n) is 11.7. The highest BCUT2D eigenvalue weighted by atomic mass is 32.2. The number of sulfonamides is 1. The Morgan fingerprint density at radius 2 is 1.54 bits per heavy atom. The van der Waals surface area contributed by atoms with Gasteiger partial charge in [0.15, 0.2) is 0 Å². The summed E-state index contributed by atoms with van der Waals surface area (Å²) in [5.74, 6) is -1.22. The topological polar surface area (TPSA) is 125 Å². The van der Waals surface area contributed by atoms with E-state index in [1.165, 1.54) is 11.4 Å². The second kappa shape index (κ2) is 11.9. The van der Waals surface area contributed by atoms with Crippen molar-refractivity contribution in [2.75, 3.05) is 13.6 Å². The number of amides is 3. The van der Waals surface area contributed by atoms with Gasteiger partial charge in [0.25, 0.3) is 11.8 Å². The first-order chi connectivity index (χ1) is 16.7. The largest absolute Gasteiger partial charge is 0.347 e. The normalized spacial score (nSPS) is 14.4. The van der Waals surface area contributed by atoms with Gasteiger partial charge in [-0.05, 0) is 49.6 Å². The molecule has 10 heteroatoms. The molecular weight excluding hydrogens is 468 g/mol. The monoisotopic (exact) mass is 500 g/mol. The molecule has 0 aliphatic heterocycles. The second-order valence-corrected chi connectivity index (χ2v) is 10.9. The van der Waals surface area contributed by atoms with Gasteiger partial charge in [0, 0.05) is 25.1 Å². The molecule has 0 radical (unpaired) electrons. The molecular formula is C25H32N4O5S. The molecule has 2 aromatic rings. The van der Waals surface area contributed by atoms with Crippen LogP contribution in [-0.2, 0) is 26.2 Å². The fourth-order valence-corrected chi connectivity index (χ4v) is 5.07. The first-order valence-corrected chi connectivity index (χ1v) is 13.1. The number of hydrazine groups is 1. The number of nitrogens with one attached hydrogen (secondary N) is 3. The van der Waals surface area contributed by atoms with Crippen molar-refractivity contribution < 1.29 is 22.8 Å². The van der Waals surface area contributed by atoms with E-state index in [0.717, 1.165) is 37.7 Å². The van der Waals surface area contributed by atoms with E-state index in [-0.39, 0.29) is 29.8 Å². The van der Waals surface area contributed by atoms with Crippen LogP contribution in [0.5, 0.6) is 0 Å². The number of aryl methyl sites for hydroxylation is 1. The second-order valence-electron chi connectivity index (χ2n) is 8.83. The maximum atomic E-state index is 12.8. The molecule has 2 aromatic carbocycles. The summed E-state index contributed by atoms with van der Waals surface area (Å²) in [5, 5.41) is 2.61. The van der Waals surface area contributed by atoms with Gasteiger partial charge in [-0.15, -0.1) is 0 Å². The van der Waals surface area contributed by atoms with Crippen LogP contribution in [0.25, 0.3) is 0 Å². The zero-order valence-corrected chi connectivity index (χ0v) is 20.9. The van der Waals surface area contributed by atoms with Crippen molar-refractivity contribution in [2.45, 2.75) is 50.5 Å². The molecule has 1 fully saturated rings. The lowest BCUT2D eigenvalue weighted by Crippen LogP contribution is -2.47. The van der Waals surface area contributed by atoms with Crippen LogP contribution in [0.15, 0.2) is 53.4 Å². The summed E-state index contributed by atoms with van der Waals surface area (Å²) in [4.78, 5) is 36.6. The van der Waals surface area contributed by atoms with Crippen LogP contribution in [-0.4, -0.2) is 44.0 Å². The Bertz CT molecular complexity index is 1140. The van der Waals surface area contributed by atoms with Crippen molar-refractivity contribution >= 4 is 27.7 Å². The van der Waals surface area contributed by atoms with Crippen molar-refractivity contribution in [3.63, 3.8) is 0 Å². The summed E-state index contributed by atoms with van der Waals surface area (Å²) in [6, 6.07) is 13.1. The van der Waals surface area contributed by atoms with E-state index in [1.54, 1.807) is 48.5 Å². The van der Waals surface area contributed by atoms with E-state index in [1.807, 2.05) is 6.92 Å². The van der Waals surface area contributed by atoms with E-state index < -0.39 is 21.8 Å². The maximum Gasteiger partial charge on any atom is 0.269 e. The standard InChI is InChI=1S/C25H32N4O5S/c1-18-8-14-22(15-9-18)35(33,34)29(2)17-19-10-12-21(13-11-19)25(32)28-27-23(30)16-26-24(31)20-6-4-3-5-7-20/h8-15,20H,3-7,16-17H2,1-2H3,(H,26,31)(H,27,30)(H,28,32). The minimum atomic E-state index is -3.64. The molecule has 188 valence electrons. The zero-order chi connectivity index (χ0) is 25.4. The molecule has 3 amide bonds. The number of hydrogen-bond donors (Lipinski definition) is 3. The SMILES string of the molecule is Cc1ccc(S(=O)(=O)N(C)Cc2ccc(C(=O)NNC(=O)CNC(=O)C3CCCCC3)cc2)cc1. The van der Waals surface area contributed by atoms with Gasteiger partial charge in [-0.2, -0.15) is 4.31 Å². The van der Waals surface area contributed by atoms with Crippen LogP contribution in [0.2, 0.25) is 0 Å². The average Bonchev–Trinajstić information content (AvgIpc) is 2.87. The number of nitrogens with zero attached hydrogens (tertiary/aromatic N) is 1. The highest BCUT2D eigenvalue weighted by Gasteiger charge is 2.22. The van der Waals surface area contributed by atoms with Crippen LogP contribution in [0.1, 0.15) is 53.6 Å². The van der Waals surface area contributed by atoms with Crippen molar-refractivity contribution in [1.29, 1.82) is 0 Å². The molecule has 0 bridgehead atoms. The van der Waals surface area contributed by atoms with Gasteiger partial charge in [0.2, 0.25) is 15.9 Å². The predicted molar refractivity (Wildman–Crippen MR) is 131 cm³/mol. The number of carbonyl (C=O) groups is 3. The molecule has 3 rings (SSSR count). The lowest BCUT2D eigenvalue weighted by molar-refractivity contribution is -0.129. The van der Waals surface area contributed by atoms with E-state index in [2.05, 4.69) is 16.2 Å². The summed E-state index contributed by atoms with van der Waals surface area (Å²) in [6.07, 6.45) is 4.87. The molecule has 0 unspecified atom stereocenters. The predicted octanol–water partition coefficient (Wildman–Crippen LogP) is 2.27. The molecule has 0 aromatic heterocycles. The zero-order valence-electron chi connectivity index (χ0n) is 20.0. The number of benzene rings is 2. The van der Waals surface area contributed by atoms with Crippen LogP contribution in [0.4, 0.5) is 0 Å². The third-order valence-corrected chi connectivity index (χ3v) is 7.88. The summed E-state index contributed by atoms with van der Waals surface area (Å²) in [5.41, 5.74) is 6.58. The lowest BCUT2D eigenvalue weighted by Gasteiger charge is -2.20. The van der Waals surface area contributed by atoms with Gasteiger partial charge >= 0.3 is 0 Å². The molecule has 3 N–H and O–H groups in total. The summed E-state index contributed by atoms with van der Waals surface area (Å²) in [6.45, 7) is 1.81. The Morgan fingerprint density at radius 3 is 2.17 bits per heavy atom. The molecule has 0 saturated heterocycles. The fourth-order valence-electron chi connectivity index (χ4n) is 3.91. The van der Waals surface area contributed by atoms with Crippen molar-refractivity contribution in [3.8, 4) is 0 Å². The minimum Gasteiger partial charge on any atom is -0.347 e. The van der Waals surface area contributed by atoms with Gasteiger partial charge in [-0.25, -0.2) is 8.42 Å². The third-order valence-electron chi connectivity index (χ3n) is 6.07. The Hall–Kier alpha value is -3.24. The van der Waals surface area contributed by atoms with E-state index >= 15 is 0 Å². The van der Waals surface area contributed by atoms with Crippen molar-refractivity contribution in [1.82, 2.24) is 20.5 Å². The Labute approximate surface area is 206 Å². The summed E-state index contributed by atoms with van der Waals surface area (Å²) < 4.78 is 26.7. The molecule has 0 spiro atoms. The average molecular weight is 501 g/mol. The highest BCUT2D eigenvalue weighted by Crippen LogP contribution is 2.23. The van der Waals surface area contributed by atoms with Crippen molar-refractivity contribution in [3.05, 3.63) is 65.2 Å². The van der Waals surface area contributed by atoms with E-state index in [4.69, 9.17) is 0 Å². The highest BCUT2D eigenvalue weighted by molar-refractivity contribution is 7.89. The summed E-state index contributed by atoms with van der Waals surface area (Å²) in [7, 11) is -2.14. The number of carbonyl (C=O) groups excluding carboxylic acids is 3. The van der Waals surface area contributed by atoms with Crippen LogP contribution in [0.3, 0.4) is 0 Å².